The van der Waals surface area contributed by atoms with Crippen molar-refractivity contribution in [3.05, 3.63) is 119 Å². The van der Waals surface area contributed by atoms with Gasteiger partial charge in [0.2, 0.25) is 0 Å². The number of nitro benzene ring substituents is 1. The highest BCUT2D eigenvalue weighted by Crippen LogP contribution is 2.35. The summed E-state index contributed by atoms with van der Waals surface area (Å²) in [6, 6.07) is 33.6. The van der Waals surface area contributed by atoms with Crippen molar-refractivity contribution in [2.75, 3.05) is 14.2 Å². The Kier molecular flexibility index (Phi) is 7.73. The molecule has 0 aliphatic rings. The normalized spacial score (nSPS) is 10.2. The fourth-order valence-electron chi connectivity index (χ4n) is 3.59. The molecule has 0 saturated heterocycles. The van der Waals surface area contributed by atoms with Gasteiger partial charge in [-0.05, 0) is 48.5 Å². The number of nitrogens with zero attached hydrogens (tertiary/aromatic N) is 2. The molecule has 0 unspecified atom stereocenters. The molecule has 0 saturated carbocycles. The number of nitrogens with one attached hydrogen (secondary N) is 1. The third kappa shape index (κ3) is 5.77. The molecule has 0 aliphatic carbocycles. The summed E-state index contributed by atoms with van der Waals surface area (Å²) in [4.78, 5) is 18.9. The highest BCUT2D eigenvalue weighted by atomic mass is 16.6. The van der Waals surface area contributed by atoms with Crippen molar-refractivity contribution in [1.29, 1.82) is 0 Å². The minimum absolute atomic E-state index is 0.0147. The van der Waals surface area contributed by atoms with Crippen LogP contribution in [0, 0.1) is 10.1 Å². The zero-order chi connectivity index (χ0) is 25.3. The second-order valence-electron chi connectivity index (χ2n) is 7.73. The molecule has 1 heterocycles. The number of hydrogen-bond acceptors (Lipinski definition) is 5. The van der Waals surface area contributed by atoms with Crippen molar-refractivity contribution < 1.29 is 14.4 Å². The van der Waals surface area contributed by atoms with Crippen LogP contribution in [-0.2, 0) is 0 Å². The number of methoxy groups -OCH3 is 2. The first-order chi connectivity index (χ1) is 17.6. The lowest BCUT2D eigenvalue weighted by Crippen LogP contribution is -1.89. The maximum atomic E-state index is 11.2. The Morgan fingerprint density at radius 3 is 1.72 bits per heavy atom. The van der Waals surface area contributed by atoms with Gasteiger partial charge in [0, 0.05) is 28.8 Å². The van der Waals surface area contributed by atoms with Crippen LogP contribution < -0.4 is 9.47 Å². The summed E-state index contributed by atoms with van der Waals surface area (Å²) in [6.07, 6.45) is 0. The molecule has 0 radical (unpaired) electrons. The van der Waals surface area contributed by atoms with Gasteiger partial charge >= 0.3 is 0 Å². The van der Waals surface area contributed by atoms with Crippen LogP contribution in [-0.4, -0.2) is 29.1 Å². The van der Waals surface area contributed by atoms with Crippen LogP contribution >= 0.6 is 0 Å². The molecule has 7 nitrogen and oxygen atoms in total. The standard InChI is InChI=1S/C23H19N3O4.C6H6/c1-29-19-10-6-15(7-11-19)21-22(16-8-12-20(30-2)13-9-16)25-23(24-21)17-4-3-5-18(14-17)26(27)28;1-2-4-6-5-3-1/h3-14H,1-2H3,(H,24,25);1-6H. The Labute approximate surface area is 209 Å². The molecule has 4 aromatic carbocycles. The van der Waals surface area contributed by atoms with Gasteiger partial charge in [-0.2, -0.15) is 0 Å². The largest absolute Gasteiger partial charge is 0.497 e. The van der Waals surface area contributed by atoms with Crippen LogP contribution in [0.5, 0.6) is 11.5 Å². The fourth-order valence-corrected chi connectivity index (χ4v) is 3.59. The lowest BCUT2D eigenvalue weighted by molar-refractivity contribution is -0.384. The van der Waals surface area contributed by atoms with Crippen LogP contribution in [0.2, 0.25) is 0 Å². The molecule has 5 aromatic rings. The van der Waals surface area contributed by atoms with Gasteiger partial charge in [-0.25, -0.2) is 4.98 Å². The number of imidazole rings is 1. The molecule has 0 aliphatic heterocycles. The first kappa shape index (κ1) is 24.2. The van der Waals surface area contributed by atoms with Crippen LogP contribution in [0.3, 0.4) is 0 Å². The topological polar surface area (TPSA) is 90.3 Å². The van der Waals surface area contributed by atoms with Crippen molar-refractivity contribution in [3.63, 3.8) is 0 Å². The molecule has 0 spiro atoms. The first-order valence-corrected chi connectivity index (χ1v) is 11.2. The van der Waals surface area contributed by atoms with E-state index in [1.165, 1.54) is 12.1 Å². The van der Waals surface area contributed by atoms with Gasteiger partial charge < -0.3 is 14.5 Å². The molecular weight excluding hydrogens is 454 g/mol. The summed E-state index contributed by atoms with van der Waals surface area (Å²) in [5.41, 5.74) is 4.02. The van der Waals surface area contributed by atoms with Gasteiger partial charge in [-0.1, -0.05) is 48.5 Å². The molecule has 1 aromatic heterocycles. The zero-order valence-corrected chi connectivity index (χ0v) is 19.9. The van der Waals surface area contributed by atoms with Gasteiger partial charge in [0.25, 0.3) is 5.69 Å². The molecule has 7 heteroatoms. The van der Waals surface area contributed by atoms with Gasteiger partial charge in [0.15, 0.2) is 0 Å². The predicted molar refractivity (Wildman–Crippen MR) is 141 cm³/mol. The van der Waals surface area contributed by atoms with E-state index in [0.29, 0.717) is 11.4 Å². The SMILES string of the molecule is COc1ccc(-c2nc(-c3cccc([N+](=O)[O-])c3)[nH]c2-c2ccc(OC)cc2)cc1.c1ccccc1. The number of aromatic amines is 1. The van der Waals surface area contributed by atoms with Gasteiger partial charge in [0.1, 0.15) is 17.3 Å². The van der Waals surface area contributed by atoms with Crippen molar-refractivity contribution >= 4 is 5.69 Å². The van der Waals surface area contributed by atoms with Crippen molar-refractivity contribution in [2.45, 2.75) is 0 Å². The van der Waals surface area contributed by atoms with E-state index in [-0.39, 0.29) is 5.69 Å². The number of ether oxygens (including phenoxy) is 2. The molecule has 180 valence electrons. The third-order valence-corrected chi connectivity index (χ3v) is 5.44. The van der Waals surface area contributed by atoms with Gasteiger partial charge in [-0.3, -0.25) is 10.1 Å². The molecule has 0 atom stereocenters. The van der Waals surface area contributed by atoms with E-state index in [9.17, 15) is 10.1 Å². The number of hydrogen-bond donors (Lipinski definition) is 1. The summed E-state index contributed by atoms with van der Waals surface area (Å²) < 4.78 is 10.5. The van der Waals surface area contributed by atoms with Crippen LogP contribution in [0.4, 0.5) is 5.69 Å². The van der Waals surface area contributed by atoms with E-state index in [0.717, 1.165) is 34.0 Å². The Bertz CT molecular complexity index is 1320. The number of rotatable bonds is 6. The predicted octanol–water partition coefficient (Wildman–Crippen LogP) is 7.02. The lowest BCUT2D eigenvalue weighted by Gasteiger charge is -2.06. The molecular formula is C29H25N3O4. The monoisotopic (exact) mass is 479 g/mol. The molecule has 36 heavy (non-hydrogen) atoms. The number of nitro groups is 1. The quantitative estimate of drug-likeness (QED) is 0.209. The molecule has 0 amide bonds. The summed E-state index contributed by atoms with van der Waals surface area (Å²) in [5.74, 6) is 2.05. The number of aromatic nitrogens is 2. The minimum Gasteiger partial charge on any atom is -0.497 e. The van der Waals surface area contributed by atoms with E-state index in [1.54, 1.807) is 26.4 Å². The average Bonchev–Trinajstić information content (AvgIpc) is 3.40. The van der Waals surface area contributed by atoms with Crippen molar-refractivity contribution in [3.8, 4) is 45.4 Å². The number of non-ortho nitro benzene ring substituents is 1. The Morgan fingerprint density at radius 2 is 1.22 bits per heavy atom. The number of benzene rings is 4. The maximum absolute atomic E-state index is 11.2. The van der Waals surface area contributed by atoms with Crippen LogP contribution in [0.25, 0.3) is 33.9 Å². The van der Waals surface area contributed by atoms with E-state index in [2.05, 4.69) is 4.98 Å². The van der Waals surface area contributed by atoms with Crippen LogP contribution in [0.1, 0.15) is 0 Å². The Morgan fingerprint density at radius 1 is 0.694 bits per heavy atom. The summed E-state index contributed by atoms with van der Waals surface area (Å²) in [7, 11) is 3.24. The number of H-pyrrole nitrogens is 1. The second kappa shape index (κ2) is 11.5. The zero-order valence-electron chi connectivity index (χ0n) is 19.9. The van der Waals surface area contributed by atoms with Gasteiger partial charge in [-0.15, -0.1) is 0 Å². The van der Waals surface area contributed by atoms with E-state index < -0.39 is 4.92 Å². The van der Waals surface area contributed by atoms with Crippen LogP contribution in [0.15, 0.2) is 109 Å². The molecule has 5 rings (SSSR count). The highest BCUT2D eigenvalue weighted by Gasteiger charge is 2.17. The van der Waals surface area contributed by atoms with E-state index >= 15 is 0 Å². The Hall–Kier alpha value is -4.91. The second-order valence-corrected chi connectivity index (χ2v) is 7.73. The summed E-state index contributed by atoms with van der Waals surface area (Å²) in [6.45, 7) is 0. The molecule has 0 fully saturated rings. The fraction of sp³-hybridized carbons (Fsp3) is 0.0690. The third-order valence-electron chi connectivity index (χ3n) is 5.44. The first-order valence-electron chi connectivity index (χ1n) is 11.2. The lowest BCUT2D eigenvalue weighted by atomic mass is 10.0. The highest BCUT2D eigenvalue weighted by molar-refractivity contribution is 5.81. The molecule has 0 bridgehead atoms. The summed E-state index contributed by atoms with van der Waals surface area (Å²) in [5, 5.41) is 11.2. The summed E-state index contributed by atoms with van der Waals surface area (Å²) >= 11 is 0. The molecule has 1 N–H and O–H groups in total. The average molecular weight is 480 g/mol. The van der Waals surface area contributed by atoms with Gasteiger partial charge in [0.05, 0.1) is 30.5 Å². The van der Waals surface area contributed by atoms with E-state index in [4.69, 9.17) is 14.5 Å². The van der Waals surface area contributed by atoms with E-state index in [1.807, 2.05) is 84.9 Å². The van der Waals surface area contributed by atoms with Crippen molar-refractivity contribution in [1.82, 2.24) is 9.97 Å². The van der Waals surface area contributed by atoms with Crippen molar-refractivity contribution in [2.24, 2.45) is 0 Å². The smallest absolute Gasteiger partial charge is 0.270 e. The Balaban J connectivity index is 0.000000445. The maximum Gasteiger partial charge on any atom is 0.270 e. The minimum atomic E-state index is -0.415.